The molecule has 0 saturated carbocycles. The molecule has 10 heteroatoms. The Morgan fingerprint density at radius 3 is 2.50 bits per heavy atom. The number of nitrogens with one attached hydrogen (secondary N) is 2. The van der Waals surface area contributed by atoms with E-state index in [1.807, 2.05) is 0 Å². The molecule has 0 radical (unpaired) electrons. The second-order valence-electron chi connectivity index (χ2n) is 6.06. The molecule has 2 rings (SSSR count). The van der Waals surface area contributed by atoms with Gasteiger partial charge in [0.2, 0.25) is 15.9 Å². The molecular weight excluding hydrogens is 356 g/mol. The van der Waals surface area contributed by atoms with Crippen molar-refractivity contribution in [1.29, 1.82) is 0 Å². The maximum absolute atomic E-state index is 12.7. The maximum Gasteiger partial charge on any atom is 0.244 e. The van der Waals surface area contributed by atoms with Gasteiger partial charge in [-0.1, -0.05) is 0 Å². The van der Waals surface area contributed by atoms with Crippen LogP contribution in [0, 0.1) is 0 Å². The van der Waals surface area contributed by atoms with E-state index in [2.05, 4.69) is 10.0 Å². The third-order valence-electron chi connectivity index (χ3n) is 3.66. The number of rotatable bonds is 5. The summed E-state index contributed by atoms with van der Waals surface area (Å²) in [6.45, 7) is 2.86. The number of carbonyl (C=O) groups is 1. The number of hydrogen-bond acceptors (Lipinski definition) is 6. The Balaban J connectivity index is 2.39. The lowest BCUT2D eigenvalue weighted by Crippen LogP contribution is -2.46. The average molecular weight is 376 g/mol. The van der Waals surface area contributed by atoms with Crippen molar-refractivity contribution in [3.8, 4) is 5.75 Å². The van der Waals surface area contributed by atoms with Crippen molar-refractivity contribution in [2.45, 2.75) is 30.7 Å². The molecule has 0 aliphatic carbocycles. The molecule has 0 unspecified atom stereocenters. The molecule has 134 valence electrons. The van der Waals surface area contributed by atoms with Gasteiger partial charge in [0, 0.05) is 18.2 Å². The average Bonchev–Trinajstić information content (AvgIpc) is 2.70. The van der Waals surface area contributed by atoms with Crippen LogP contribution < -0.4 is 14.8 Å². The molecule has 0 bridgehead atoms. The first kappa shape index (κ1) is 18.7. The Morgan fingerprint density at radius 2 is 2.00 bits per heavy atom. The maximum atomic E-state index is 12.7. The number of sulfone groups is 1. The molecular formula is C14H20N2O6S2. The minimum Gasteiger partial charge on any atom is -0.495 e. The monoisotopic (exact) mass is 376 g/mol. The van der Waals surface area contributed by atoms with Crippen LogP contribution in [0.5, 0.6) is 5.75 Å². The molecule has 1 saturated heterocycles. The summed E-state index contributed by atoms with van der Waals surface area (Å²) in [4.78, 5) is 11.0. The summed E-state index contributed by atoms with van der Waals surface area (Å²) in [5, 5.41) is 2.50. The van der Waals surface area contributed by atoms with Crippen molar-refractivity contribution in [3.05, 3.63) is 18.2 Å². The molecule has 1 fully saturated rings. The molecule has 1 amide bonds. The van der Waals surface area contributed by atoms with E-state index >= 15 is 0 Å². The number of amides is 1. The van der Waals surface area contributed by atoms with Gasteiger partial charge in [0.15, 0.2) is 9.84 Å². The molecule has 2 N–H and O–H groups in total. The Morgan fingerprint density at radius 1 is 1.33 bits per heavy atom. The highest BCUT2D eigenvalue weighted by atomic mass is 32.2. The quantitative estimate of drug-likeness (QED) is 0.773. The molecule has 1 aliphatic rings. The van der Waals surface area contributed by atoms with Gasteiger partial charge in [0.05, 0.1) is 18.6 Å². The minimum atomic E-state index is -4.04. The first-order valence-electron chi connectivity index (χ1n) is 7.16. The number of benzene rings is 1. The smallest absolute Gasteiger partial charge is 0.244 e. The molecule has 1 aromatic rings. The number of hydrogen-bond donors (Lipinski definition) is 2. The van der Waals surface area contributed by atoms with Gasteiger partial charge in [0.25, 0.3) is 0 Å². The fourth-order valence-electron chi connectivity index (χ4n) is 2.64. The van der Waals surface area contributed by atoms with Crippen LogP contribution in [0.25, 0.3) is 0 Å². The topological polar surface area (TPSA) is 119 Å². The van der Waals surface area contributed by atoms with Gasteiger partial charge >= 0.3 is 0 Å². The van der Waals surface area contributed by atoms with Gasteiger partial charge in [-0.05, 0) is 31.5 Å². The molecule has 1 aromatic carbocycles. The Labute approximate surface area is 141 Å². The second kappa shape index (κ2) is 6.34. The van der Waals surface area contributed by atoms with E-state index in [9.17, 15) is 21.6 Å². The predicted octanol–water partition coefficient (Wildman–Crippen LogP) is 0.509. The van der Waals surface area contributed by atoms with Crippen LogP contribution >= 0.6 is 0 Å². The Hall–Kier alpha value is -1.65. The number of ether oxygens (including phenoxy) is 1. The summed E-state index contributed by atoms with van der Waals surface area (Å²) in [7, 11) is -5.98. The largest absolute Gasteiger partial charge is 0.495 e. The lowest BCUT2D eigenvalue weighted by molar-refractivity contribution is -0.114. The van der Waals surface area contributed by atoms with Crippen molar-refractivity contribution < 1.29 is 26.4 Å². The number of carbonyl (C=O) groups excluding carboxylic acids is 1. The lowest BCUT2D eigenvalue weighted by atomic mass is 10.0. The van der Waals surface area contributed by atoms with Crippen molar-refractivity contribution in [1.82, 2.24) is 4.72 Å². The van der Waals surface area contributed by atoms with Gasteiger partial charge in [-0.25, -0.2) is 21.6 Å². The first-order valence-corrected chi connectivity index (χ1v) is 10.5. The molecule has 1 atom stereocenters. The van der Waals surface area contributed by atoms with Crippen molar-refractivity contribution in [2.75, 3.05) is 23.9 Å². The van der Waals surface area contributed by atoms with Gasteiger partial charge in [-0.3, -0.25) is 4.79 Å². The third kappa shape index (κ3) is 4.25. The zero-order chi connectivity index (χ0) is 18.2. The van der Waals surface area contributed by atoms with E-state index in [0.717, 1.165) is 0 Å². The van der Waals surface area contributed by atoms with Crippen LogP contribution in [-0.2, 0) is 24.7 Å². The summed E-state index contributed by atoms with van der Waals surface area (Å²) in [6, 6.07) is 4.21. The van der Waals surface area contributed by atoms with Crippen LogP contribution in [0.3, 0.4) is 0 Å². The Kier molecular flexibility index (Phi) is 4.93. The highest BCUT2D eigenvalue weighted by Crippen LogP contribution is 2.30. The fraction of sp³-hybridized carbons (Fsp3) is 0.500. The van der Waals surface area contributed by atoms with Crippen LogP contribution in [0.15, 0.2) is 23.1 Å². The normalized spacial score (nSPS) is 23.0. The highest BCUT2D eigenvalue weighted by molar-refractivity contribution is 7.92. The van der Waals surface area contributed by atoms with Crippen molar-refractivity contribution in [2.24, 2.45) is 0 Å². The first-order chi connectivity index (χ1) is 11.0. The van der Waals surface area contributed by atoms with Crippen molar-refractivity contribution in [3.63, 3.8) is 0 Å². The SMILES string of the molecule is COc1ccc(NC(C)=O)cc1S(=O)(=O)N[C@]1(C)CCS(=O)(=O)C1. The fourth-order valence-corrected chi connectivity index (χ4v) is 6.45. The van der Waals surface area contributed by atoms with Crippen LogP contribution in [-0.4, -0.2) is 46.9 Å². The van der Waals surface area contributed by atoms with E-state index in [0.29, 0.717) is 5.69 Å². The van der Waals surface area contributed by atoms with Crippen LogP contribution in [0.2, 0.25) is 0 Å². The summed E-state index contributed by atoms with van der Waals surface area (Å²) in [5.41, 5.74) is -0.778. The number of anilines is 1. The highest BCUT2D eigenvalue weighted by Gasteiger charge is 2.42. The summed E-state index contributed by atoms with van der Waals surface area (Å²) in [6.07, 6.45) is 0.197. The van der Waals surface area contributed by atoms with Crippen molar-refractivity contribution >= 4 is 31.5 Å². The summed E-state index contributed by atoms with van der Waals surface area (Å²) in [5.74, 6) is -0.562. The van der Waals surface area contributed by atoms with E-state index in [1.165, 1.54) is 32.2 Å². The van der Waals surface area contributed by atoms with Gasteiger partial charge in [-0.2, -0.15) is 0 Å². The molecule has 0 aromatic heterocycles. The molecule has 24 heavy (non-hydrogen) atoms. The van der Waals surface area contributed by atoms with E-state index < -0.39 is 25.4 Å². The summed E-state index contributed by atoms with van der Waals surface area (Å²) < 4.78 is 56.3. The lowest BCUT2D eigenvalue weighted by Gasteiger charge is -2.24. The standard InChI is InChI=1S/C14H20N2O6S2/c1-10(17)15-11-4-5-12(22-3)13(8-11)24(20,21)16-14(2)6-7-23(18,19)9-14/h4-5,8,16H,6-7,9H2,1-3H3,(H,15,17)/t14-/m1/s1. The number of sulfonamides is 1. The zero-order valence-corrected chi connectivity index (χ0v) is 15.3. The third-order valence-corrected chi connectivity index (χ3v) is 7.22. The molecule has 1 aliphatic heterocycles. The van der Waals surface area contributed by atoms with Crippen LogP contribution in [0.1, 0.15) is 20.3 Å². The Bertz CT molecular complexity index is 863. The molecule has 0 spiro atoms. The van der Waals surface area contributed by atoms with Gasteiger partial charge in [0.1, 0.15) is 10.6 Å². The van der Waals surface area contributed by atoms with Gasteiger partial charge < -0.3 is 10.1 Å². The predicted molar refractivity (Wildman–Crippen MR) is 89.3 cm³/mol. The van der Waals surface area contributed by atoms with E-state index in [4.69, 9.17) is 4.74 Å². The molecule has 8 nitrogen and oxygen atoms in total. The minimum absolute atomic E-state index is 0.0604. The van der Waals surface area contributed by atoms with Gasteiger partial charge in [-0.15, -0.1) is 0 Å². The summed E-state index contributed by atoms with van der Waals surface area (Å²) >= 11 is 0. The van der Waals surface area contributed by atoms with E-state index in [1.54, 1.807) is 6.92 Å². The van der Waals surface area contributed by atoms with Crippen LogP contribution in [0.4, 0.5) is 5.69 Å². The molecule has 1 heterocycles. The second-order valence-corrected chi connectivity index (χ2v) is 9.89. The zero-order valence-electron chi connectivity index (χ0n) is 13.6. The van der Waals surface area contributed by atoms with E-state index in [-0.39, 0.29) is 34.5 Å². The number of methoxy groups -OCH3 is 1.